The number of rotatable bonds is 3. The highest BCUT2D eigenvalue weighted by Crippen LogP contribution is 2.50. The molecule has 3 aromatic rings. The molecule has 4 heteroatoms. The van der Waals surface area contributed by atoms with Gasteiger partial charge in [-0.25, -0.2) is 4.90 Å². The molecule has 2 aliphatic rings. The summed E-state index contributed by atoms with van der Waals surface area (Å²) in [7, 11) is 0. The quantitative estimate of drug-likeness (QED) is 0.415. The predicted molar refractivity (Wildman–Crippen MR) is 118 cm³/mol. The summed E-state index contributed by atoms with van der Waals surface area (Å²) in [4.78, 5) is 28.6. The number of fused-ring (bicyclic) bond motifs is 1. The predicted octanol–water partition coefficient (Wildman–Crippen LogP) is 5.58. The minimum Gasteiger partial charge on any atom is -0.274 e. The van der Waals surface area contributed by atoms with Crippen molar-refractivity contribution < 1.29 is 9.59 Å². The Balaban J connectivity index is 1.64. The number of halogens is 1. The molecule has 0 N–H and O–H groups in total. The number of allylic oxidation sites excluding steroid dienone is 2. The van der Waals surface area contributed by atoms with Gasteiger partial charge < -0.3 is 0 Å². The van der Waals surface area contributed by atoms with Crippen molar-refractivity contribution in [2.45, 2.75) is 11.8 Å². The van der Waals surface area contributed by atoms with E-state index in [4.69, 9.17) is 11.6 Å². The molecule has 0 bridgehead atoms. The lowest BCUT2D eigenvalue weighted by Gasteiger charge is -2.32. The molecule has 1 saturated heterocycles. The van der Waals surface area contributed by atoms with Crippen LogP contribution in [0.2, 0.25) is 5.02 Å². The molecule has 0 spiro atoms. The number of hydrogen-bond donors (Lipinski definition) is 0. The van der Waals surface area contributed by atoms with Gasteiger partial charge in [-0.3, -0.25) is 9.59 Å². The van der Waals surface area contributed by atoms with Crippen molar-refractivity contribution in [2.75, 3.05) is 4.90 Å². The fourth-order valence-electron chi connectivity index (χ4n) is 4.80. The second-order valence-corrected chi connectivity index (χ2v) is 8.24. The third-order valence-electron chi connectivity index (χ3n) is 6.13. The van der Waals surface area contributed by atoms with E-state index in [9.17, 15) is 9.59 Å². The maximum Gasteiger partial charge on any atom is 0.238 e. The molecule has 1 aliphatic carbocycles. The Kier molecular flexibility index (Phi) is 4.76. The third-order valence-corrected chi connectivity index (χ3v) is 6.37. The first-order chi connectivity index (χ1) is 14.6. The third kappa shape index (κ3) is 3.06. The molecule has 1 fully saturated rings. The summed E-state index contributed by atoms with van der Waals surface area (Å²) in [5.74, 6) is -1.51. The highest BCUT2D eigenvalue weighted by Gasteiger charge is 2.55. The zero-order valence-corrected chi connectivity index (χ0v) is 16.9. The second-order valence-electron chi connectivity index (χ2n) is 7.80. The molecule has 30 heavy (non-hydrogen) atoms. The van der Waals surface area contributed by atoms with Gasteiger partial charge in [0.2, 0.25) is 11.8 Å². The van der Waals surface area contributed by atoms with Gasteiger partial charge in [-0.05, 0) is 29.3 Å². The minimum absolute atomic E-state index is 0.142. The fraction of sp³-hybridized carbons (Fsp3) is 0.154. The molecule has 5 rings (SSSR count). The van der Waals surface area contributed by atoms with E-state index >= 15 is 0 Å². The zero-order valence-electron chi connectivity index (χ0n) is 16.2. The lowest BCUT2D eigenvalue weighted by Crippen LogP contribution is -2.31. The van der Waals surface area contributed by atoms with E-state index in [2.05, 4.69) is 12.2 Å². The number of hydrogen-bond acceptors (Lipinski definition) is 2. The molecule has 148 valence electrons. The summed E-state index contributed by atoms with van der Waals surface area (Å²) >= 11 is 6.16. The first-order valence-corrected chi connectivity index (χ1v) is 10.4. The van der Waals surface area contributed by atoms with Gasteiger partial charge in [0.15, 0.2) is 0 Å². The SMILES string of the molecule is O=C1[C@H]2[C@H](C(=O)N1c1cccc(Cl)c1)[C@H](c1ccccc1)C=C[C@H]2c1ccccc1. The lowest BCUT2D eigenvalue weighted by atomic mass is 9.68. The van der Waals surface area contributed by atoms with Crippen LogP contribution in [-0.4, -0.2) is 11.8 Å². The molecule has 0 saturated carbocycles. The average molecular weight is 414 g/mol. The van der Waals surface area contributed by atoms with Crippen molar-refractivity contribution in [3.63, 3.8) is 0 Å². The van der Waals surface area contributed by atoms with E-state index < -0.39 is 11.8 Å². The van der Waals surface area contributed by atoms with E-state index in [1.54, 1.807) is 24.3 Å². The highest BCUT2D eigenvalue weighted by molar-refractivity contribution is 6.31. The number of imide groups is 1. The lowest BCUT2D eigenvalue weighted by molar-refractivity contribution is -0.122. The van der Waals surface area contributed by atoms with Crippen LogP contribution in [-0.2, 0) is 9.59 Å². The maximum absolute atomic E-state index is 13.7. The summed E-state index contributed by atoms with van der Waals surface area (Å²) in [5, 5.41) is 0.500. The van der Waals surface area contributed by atoms with Crippen molar-refractivity contribution in [1.29, 1.82) is 0 Å². The van der Waals surface area contributed by atoms with Crippen LogP contribution >= 0.6 is 11.6 Å². The van der Waals surface area contributed by atoms with Gasteiger partial charge in [0.25, 0.3) is 0 Å². The van der Waals surface area contributed by atoms with Gasteiger partial charge in [-0.1, -0.05) is 90.5 Å². The maximum atomic E-state index is 13.7. The van der Waals surface area contributed by atoms with E-state index in [0.717, 1.165) is 11.1 Å². The smallest absolute Gasteiger partial charge is 0.238 e. The molecule has 3 nitrogen and oxygen atoms in total. The molecule has 1 heterocycles. The fourth-order valence-corrected chi connectivity index (χ4v) is 4.99. The van der Waals surface area contributed by atoms with Gasteiger partial charge >= 0.3 is 0 Å². The number of anilines is 1. The number of amides is 2. The number of benzene rings is 3. The van der Waals surface area contributed by atoms with Crippen LogP contribution in [0, 0.1) is 11.8 Å². The molecule has 0 unspecified atom stereocenters. The Morgan fingerprint density at radius 2 is 1.13 bits per heavy atom. The summed E-state index contributed by atoms with van der Waals surface area (Å²) in [6.45, 7) is 0. The number of nitrogens with zero attached hydrogens (tertiary/aromatic N) is 1. The molecule has 2 amide bonds. The standard InChI is InChI=1S/C26H20ClNO2/c27-19-12-7-13-20(16-19)28-25(29)23-21(17-8-3-1-4-9-17)14-15-22(24(23)26(28)30)18-10-5-2-6-11-18/h1-16,21-24H/t21-,22-,23+,24+/m0/s1. The van der Waals surface area contributed by atoms with Crippen molar-refractivity contribution in [3.8, 4) is 0 Å². The van der Waals surface area contributed by atoms with Crippen LogP contribution in [0.1, 0.15) is 23.0 Å². The summed E-state index contributed by atoms with van der Waals surface area (Å²) in [6, 6.07) is 26.8. The van der Waals surface area contributed by atoms with Crippen LogP contribution in [0.3, 0.4) is 0 Å². The van der Waals surface area contributed by atoms with Gasteiger partial charge in [0, 0.05) is 16.9 Å². The van der Waals surface area contributed by atoms with Crippen molar-refractivity contribution in [3.05, 3.63) is 113 Å². The van der Waals surface area contributed by atoms with Crippen LogP contribution < -0.4 is 4.90 Å². The Hall–Kier alpha value is -3.17. The van der Waals surface area contributed by atoms with Crippen LogP contribution in [0.15, 0.2) is 97.1 Å². The Labute approximate surface area is 180 Å². The molecular formula is C26H20ClNO2. The van der Waals surface area contributed by atoms with Gasteiger partial charge in [-0.15, -0.1) is 0 Å². The molecule has 4 atom stereocenters. The molecular weight excluding hydrogens is 394 g/mol. The monoisotopic (exact) mass is 413 g/mol. The number of carbonyl (C=O) groups is 2. The summed E-state index contributed by atoms with van der Waals surface area (Å²) < 4.78 is 0. The van der Waals surface area contributed by atoms with E-state index in [0.29, 0.717) is 10.7 Å². The Bertz CT molecular complexity index is 1060. The minimum atomic E-state index is -0.450. The van der Waals surface area contributed by atoms with Crippen molar-refractivity contribution in [1.82, 2.24) is 0 Å². The largest absolute Gasteiger partial charge is 0.274 e. The molecule has 3 aromatic carbocycles. The average Bonchev–Trinajstić information content (AvgIpc) is 3.05. The summed E-state index contributed by atoms with van der Waals surface area (Å²) in [5.41, 5.74) is 2.62. The van der Waals surface area contributed by atoms with E-state index in [1.165, 1.54) is 4.90 Å². The van der Waals surface area contributed by atoms with Gasteiger partial charge in [0.05, 0.1) is 17.5 Å². The molecule has 0 aromatic heterocycles. The van der Waals surface area contributed by atoms with Crippen molar-refractivity contribution >= 4 is 29.1 Å². The first kappa shape index (κ1) is 18.8. The number of carbonyl (C=O) groups excluding carboxylic acids is 2. The van der Waals surface area contributed by atoms with E-state index in [-0.39, 0.29) is 23.7 Å². The van der Waals surface area contributed by atoms with Crippen LogP contribution in [0.5, 0.6) is 0 Å². The van der Waals surface area contributed by atoms with Crippen molar-refractivity contribution in [2.24, 2.45) is 11.8 Å². The molecule has 1 aliphatic heterocycles. The first-order valence-electron chi connectivity index (χ1n) is 10.1. The van der Waals surface area contributed by atoms with Gasteiger partial charge in [0.1, 0.15) is 0 Å². The van der Waals surface area contributed by atoms with E-state index in [1.807, 2.05) is 60.7 Å². The second kappa shape index (κ2) is 7.58. The normalized spacial score (nSPS) is 25.4. The molecule has 0 radical (unpaired) electrons. The zero-order chi connectivity index (χ0) is 20.7. The van der Waals surface area contributed by atoms with Gasteiger partial charge in [-0.2, -0.15) is 0 Å². The highest BCUT2D eigenvalue weighted by atomic mass is 35.5. The Morgan fingerprint density at radius 1 is 0.633 bits per heavy atom. The Morgan fingerprint density at radius 3 is 1.60 bits per heavy atom. The van der Waals surface area contributed by atoms with Crippen LogP contribution in [0.4, 0.5) is 5.69 Å². The topological polar surface area (TPSA) is 37.4 Å². The summed E-state index contributed by atoms with van der Waals surface area (Å²) in [6.07, 6.45) is 4.20. The van der Waals surface area contributed by atoms with Crippen LogP contribution in [0.25, 0.3) is 0 Å².